The number of aryl methyl sites for hydroxylation is 4. The van der Waals surface area contributed by atoms with E-state index in [1.807, 2.05) is 87.7 Å². The Kier molecular flexibility index (Phi) is 17.7. The van der Waals surface area contributed by atoms with Gasteiger partial charge in [-0.1, -0.05) is 127 Å². The Morgan fingerprint density at radius 2 is 1.43 bits per heavy atom. The lowest BCUT2D eigenvalue weighted by molar-refractivity contribution is 0.0992. The molecule has 0 heterocycles. The molecule has 0 radical (unpaired) electrons. The van der Waals surface area contributed by atoms with Gasteiger partial charge in [-0.05, 0) is 103 Å². The Labute approximate surface area is 270 Å². The maximum Gasteiger partial charge on any atom is 0.167 e. The number of benzene rings is 3. The molecule has 0 atom stereocenters. The smallest absolute Gasteiger partial charge is 0.167 e. The number of ketones is 1. The monoisotopic (exact) mass is 593 g/mol. The largest absolute Gasteiger partial charge is 0.388 e. The van der Waals surface area contributed by atoms with E-state index in [4.69, 9.17) is 0 Å². The lowest BCUT2D eigenvalue weighted by atomic mass is 9.84. The number of carbonyl (C=O) groups excluding carboxylic acids is 1. The highest BCUT2D eigenvalue weighted by Crippen LogP contribution is 2.27. The summed E-state index contributed by atoms with van der Waals surface area (Å²) < 4.78 is 0. The van der Waals surface area contributed by atoms with E-state index >= 15 is 0 Å². The minimum absolute atomic E-state index is 0.138. The molecule has 2 nitrogen and oxygen atoms in total. The molecule has 3 aromatic carbocycles. The Morgan fingerprint density at radius 3 is 1.91 bits per heavy atom. The van der Waals surface area contributed by atoms with Crippen molar-refractivity contribution >= 4 is 17.0 Å². The first-order chi connectivity index (χ1) is 20.9. The molecule has 0 aliphatic carbocycles. The van der Waals surface area contributed by atoms with Gasteiger partial charge in [0.2, 0.25) is 0 Å². The van der Waals surface area contributed by atoms with E-state index in [0.717, 1.165) is 39.9 Å². The van der Waals surface area contributed by atoms with E-state index in [-0.39, 0.29) is 5.78 Å². The fraction of sp³-hybridized carbons (Fsp3) is 0.405. The van der Waals surface area contributed by atoms with Crippen LogP contribution in [0.4, 0.5) is 5.69 Å². The van der Waals surface area contributed by atoms with Gasteiger partial charge in [-0.2, -0.15) is 0 Å². The van der Waals surface area contributed by atoms with Crippen LogP contribution >= 0.6 is 0 Å². The molecule has 0 spiro atoms. The van der Waals surface area contributed by atoms with Crippen molar-refractivity contribution in [2.75, 3.05) is 12.4 Å². The van der Waals surface area contributed by atoms with Crippen LogP contribution in [0, 0.1) is 26.2 Å². The molecule has 44 heavy (non-hydrogen) atoms. The molecule has 3 rings (SSSR count). The molecule has 2 heteroatoms. The molecule has 0 aliphatic rings. The van der Waals surface area contributed by atoms with Crippen molar-refractivity contribution in [3.63, 3.8) is 0 Å². The number of Topliss-reactive ketones (excluding diaryl/α,β-unsaturated/α-hetero) is 1. The minimum Gasteiger partial charge on any atom is -0.388 e. The predicted octanol–water partition coefficient (Wildman–Crippen LogP) is 12.1. The number of nitrogens with one attached hydrogen (secondary N) is 1. The predicted molar refractivity (Wildman–Crippen MR) is 197 cm³/mol. The van der Waals surface area contributed by atoms with E-state index in [1.54, 1.807) is 0 Å². The van der Waals surface area contributed by atoms with Gasteiger partial charge in [0.1, 0.15) is 0 Å². The third kappa shape index (κ3) is 13.8. The third-order valence-electron chi connectivity index (χ3n) is 7.99. The molecule has 0 saturated carbocycles. The summed E-state index contributed by atoms with van der Waals surface area (Å²) in [5.74, 6) is 0.138. The van der Waals surface area contributed by atoms with Crippen LogP contribution in [0.1, 0.15) is 111 Å². The van der Waals surface area contributed by atoms with Crippen LogP contribution in [-0.2, 0) is 12.8 Å². The fourth-order valence-corrected chi connectivity index (χ4v) is 5.21. The fourth-order valence-electron chi connectivity index (χ4n) is 5.21. The van der Waals surface area contributed by atoms with Crippen LogP contribution in [0.15, 0.2) is 91.5 Å². The highest BCUT2D eigenvalue weighted by atomic mass is 16.1. The van der Waals surface area contributed by atoms with Gasteiger partial charge in [-0.3, -0.25) is 4.79 Å². The number of hydrogen-bond acceptors (Lipinski definition) is 2. The summed E-state index contributed by atoms with van der Waals surface area (Å²) in [5.41, 5.74) is 10.8. The first kappa shape index (κ1) is 38.4. The van der Waals surface area contributed by atoms with Crippen molar-refractivity contribution in [3.8, 4) is 0 Å². The summed E-state index contributed by atoms with van der Waals surface area (Å²) in [6.07, 6.45) is 14.8. The van der Waals surface area contributed by atoms with Crippen molar-refractivity contribution in [2.24, 2.45) is 5.41 Å². The van der Waals surface area contributed by atoms with Crippen molar-refractivity contribution in [1.82, 2.24) is 0 Å². The number of allylic oxidation sites excluding steroid dienone is 5. The molecule has 3 aromatic rings. The number of anilines is 1. The van der Waals surface area contributed by atoms with Gasteiger partial charge >= 0.3 is 0 Å². The zero-order valence-electron chi connectivity index (χ0n) is 29.4. The molecule has 0 amide bonds. The summed E-state index contributed by atoms with van der Waals surface area (Å²) in [6.45, 7) is 23.6. The Bertz CT molecular complexity index is 1350. The second-order valence-electron chi connectivity index (χ2n) is 12.4. The minimum atomic E-state index is 0.138. The van der Waals surface area contributed by atoms with Crippen LogP contribution in [0.25, 0.3) is 5.57 Å². The van der Waals surface area contributed by atoms with Crippen molar-refractivity contribution in [3.05, 3.63) is 130 Å². The Morgan fingerprint density at radius 1 is 0.818 bits per heavy atom. The number of rotatable bonds is 12. The van der Waals surface area contributed by atoms with Crippen LogP contribution < -0.4 is 5.32 Å². The summed E-state index contributed by atoms with van der Waals surface area (Å²) in [4.78, 5) is 12.7. The maximum absolute atomic E-state index is 12.7. The molecule has 0 aliphatic heterocycles. The second-order valence-corrected chi connectivity index (χ2v) is 12.4. The van der Waals surface area contributed by atoms with Crippen LogP contribution in [0.5, 0.6) is 0 Å². The second kappa shape index (κ2) is 20.3. The Hall–Kier alpha value is -3.65. The molecule has 0 bridgehead atoms. The van der Waals surface area contributed by atoms with Gasteiger partial charge in [0.05, 0.1) is 0 Å². The zero-order chi connectivity index (χ0) is 33.1. The molecular weight excluding hydrogens is 534 g/mol. The van der Waals surface area contributed by atoms with Crippen LogP contribution in [0.2, 0.25) is 0 Å². The Balaban J connectivity index is 0.000000416. The van der Waals surface area contributed by atoms with Gasteiger partial charge in [0, 0.05) is 24.7 Å². The lowest BCUT2D eigenvalue weighted by Gasteiger charge is -2.22. The molecular formula is C42H59NO. The van der Waals surface area contributed by atoms with Gasteiger partial charge in [-0.25, -0.2) is 0 Å². The molecule has 238 valence electrons. The highest BCUT2D eigenvalue weighted by Gasteiger charge is 2.14. The summed E-state index contributed by atoms with van der Waals surface area (Å²) in [7, 11) is 1.88. The van der Waals surface area contributed by atoms with Gasteiger partial charge in [-0.15, -0.1) is 0 Å². The van der Waals surface area contributed by atoms with E-state index in [2.05, 4.69) is 78.6 Å². The van der Waals surface area contributed by atoms with Crippen molar-refractivity contribution < 1.29 is 4.79 Å². The van der Waals surface area contributed by atoms with Gasteiger partial charge in [0.15, 0.2) is 5.78 Å². The quantitative estimate of drug-likeness (QED) is 0.167. The first-order valence-electron chi connectivity index (χ1n) is 16.4. The topological polar surface area (TPSA) is 29.1 Å². The van der Waals surface area contributed by atoms with E-state index in [0.29, 0.717) is 11.8 Å². The van der Waals surface area contributed by atoms with Crippen LogP contribution in [0.3, 0.4) is 0 Å². The zero-order valence-corrected chi connectivity index (χ0v) is 29.4. The number of carbonyl (C=O) groups is 1. The summed E-state index contributed by atoms with van der Waals surface area (Å²) >= 11 is 0. The lowest BCUT2D eigenvalue weighted by Crippen LogP contribution is -2.09. The van der Waals surface area contributed by atoms with Gasteiger partial charge < -0.3 is 5.32 Å². The maximum atomic E-state index is 12.7. The average molecular weight is 594 g/mol. The van der Waals surface area contributed by atoms with Crippen molar-refractivity contribution in [1.29, 1.82) is 0 Å². The number of hydrogen-bond donors (Lipinski definition) is 1. The standard InChI is InChI=1S/C23H25NO.C10H14.C9H20/c1-5-7-8-19(6-2)20-11-14-22(17(3)15-20)23(25)16-18-9-12-21(24-4)13-10-18;1-4-10-6-5-8(2)9(3)7-10;1-5-7-9(3,4)8-6-2/h5-15,24H,2,16H2,1,3-4H3;5-7H,4H2,1-3H3;5-8H2,1-4H3/b7-5-,19-8+;;. The molecule has 0 fully saturated rings. The van der Waals surface area contributed by atoms with Crippen molar-refractivity contribution in [2.45, 2.75) is 101 Å². The van der Waals surface area contributed by atoms with E-state index in [1.165, 1.54) is 42.4 Å². The molecule has 0 saturated heterocycles. The molecule has 0 aromatic heterocycles. The summed E-state index contributed by atoms with van der Waals surface area (Å²) in [5, 5.41) is 3.08. The third-order valence-corrected chi connectivity index (χ3v) is 7.99. The molecule has 0 unspecified atom stereocenters. The highest BCUT2D eigenvalue weighted by molar-refractivity contribution is 5.99. The average Bonchev–Trinajstić information content (AvgIpc) is 3.00. The molecule has 1 N–H and O–H groups in total. The van der Waals surface area contributed by atoms with Crippen LogP contribution in [-0.4, -0.2) is 12.8 Å². The van der Waals surface area contributed by atoms with Gasteiger partial charge in [0.25, 0.3) is 0 Å². The SMILES string of the molecule is C=C/C(=C\C=C/C)c1ccc(C(=O)Cc2ccc(NC)cc2)c(C)c1.CCCC(C)(C)CCC.CCc1ccc(C)c(C)c1. The van der Waals surface area contributed by atoms with E-state index < -0.39 is 0 Å². The summed E-state index contributed by atoms with van der Waals surface area (Å²) in [6, 6.07) is 20.6. The van der Waals surface area contributed by atoms with E-state index in [9.17, 15) is 4.79 Å². The normalized spacial score (nSPS) is 11.3. The first-order valence-corrected chi connectivity index (χ1v) is 16.4.